The second-order valence-electron chi connectivity index (χ2n) is 6.00. The van der Waals surface area contributed by atoms with Crippen molar-refractivity contribution in [3.8, 4) is 17.2 Å². The Hall–Kier alpha value is -3.15. The number of rotatable bonds is 6. The number of hydrogen-bond acceptors (Lipinski definition) is 5. The van der Waals surface area contributed by atoms with Crippen molar-refractivity contribution in [2.75, 3.05) is 12.4 Å². The third kappa shape index (κ3) is 3.91. The number of nitrogens with zero attached hydrogens (tertiary/aromatic N) is 2. The molecule has 0 saturated heterocycles. The molecule has 0 aliphatic heterocycles. The Kier molecular flexibility index (Phi) is 5.31. The summed E-state index contributed by atoms with van der Waals surface area (Å²) in [5, 5.41) is 11.0. The lowest BCUT2D eigenvalue weighted by atomic mass is 10.1. The summed E-state index contributed by atoms with van der Waals surface area (Å²) in [4.78, 5) is 12.2. The number of hydrogen-bond donors (Lipinski definition) is 1. The minimum atomic E-state index is -0.0873. The average molecular weight is 351 g/mol. The molecule has 0 bridgehead atoms. The first kappa shape index (κ1) is 17.7. The maximum Gasteiger partial charge on any atom is 0.251 e. The summed E-state index contributed by atoms with van der Waals surface area (Å²) in [6, 6.07) is 13.3. The minimum absolute atomic E-state index is 0.0873. The van der Waals surface area contributed by atoms with Crippen molar-refractivity contribution in [3.05, 3.63) is 59.5 Å². The number of ether oxygens (including phenoxy) is 1. The molecule has 1 aromatic heterocycles. The van der Waals surface area contributed by atoms with Gasteiger partial charge in [0.05, 0.1) is 12.7 Å². The zero-order valence-electron chi connectivity index (χ0n) is 15.1. The van der Waals surface area contributed by atoms with Gasteiger partial charge in [-0.2, -0.15) is 0 Å². The molecule has 6 nitrogen and oxygen atoms in total. The first-order chi connectivity index (χ1) is 12.6. The van der Waals surface area contributed by atoms with E-state index in [9.17, 15) is 4.79 Å². The molecule has 0 atom stereocenters. The van der Waals surface area contributed by atoms with Crippen LogP contribution >= 0.6 is 0 Å². The van der Waals surface area contributed by atoms with Crippen molar-refractivity contribution < 1.29 is 13.9 Å². The van der Waals surface area contributed by atoms with E-state index in [4.69, 9.17) is 9.15 Å². The smallest absolute Gasteiger partial charge is 0.251 e. The van der Waals surface area contributed by atoms with E-state index in [1.165, 1.54) is 0 Å². The highest BCUT2D eigenvalue weighted by Crippen LogP contribution is 2.28. The Morgan fingerprint density at radius 2 is 1.92 bits per heavy atom. The maximum absolute atomic E-state index is 12.2. The highest BCUT2D eigenvalue weighted by Gasteiger charge is 2.14. The van der Waals surface area contributed by atoms with Gasteiger partial charge in [0.15, 0.2) is 0 Å². The molecule has 0 aliphatic carbocycles. The molecule has 6 heteroatoms. The van der Waals surface area contributed by atoms with E-state index in [0.717, 1.165) is 22.4 Å². The molecule has 0 spiro atoms. The number of nitrogens with one attached hydrogen (secondary N) is 1. The van der Waals surface area contributed by atoms with Crippen LogP contribution in [0, 0.1) is 13.8 Å². The first-order valence-corrected chi connectivity index (χ1v) is 8.40. The van der Waals surface area contributed by atoms with Crippen LogP contribution in [-0.2, 0) is 11.2 Å². The third-order valence-electron chi connectivity index (χ3n) is 4.25. The molecule has 1 N–H and O–H groups in total. The van der Waals surface area contributed by atoms with Gasteiger partial charge in [-0.3, -0.25) is 4.79 Å². The molecule has 0 fully saturated rings. The largest absolute Gasteiger partial charge is 0.496 e. The monoisotopic (exact) mass is 351 g/mol. The van der Waals surface area contributed by atoms with Crippen LogP contribution < -0.4 is 10.1 Å². The van der Waals surface area contributed by atoms with Crippen LogP contribution in [-0.4, -0.2) is 23.2 Å². The van der Waals surface area contributed by atoms with Crippen molar-refractivity contribution in [3.63, 3.8) is 0 Å². The average Bonchev–Trinajstić information content (AvgIpc) is 3.12. The molecule has 1 amide bonds. The molecule has 3 rings (SSSR count). The van der Waals surface area contributed by atoms with E-state index >= 15 is 0 Å². The van der Waals surface area contributed by atoms with Crippen LogP contribution in [0.15, 0.2) is 46.9 Å². The predicted octanol–water partition coefficient (Wildman–Crippen LogP) is 3.93. The van der Waals surface area contributed by atoms with E-state index in [0.29, 0.717) is 24.0 Å². The Morgan fingerprint density at radius 1 is 1.12 bits per heavy atom. The van der Waals surface area contributed by atoms with Crippen molar-refractivity contribution in [1.29, 1.82) is 0 Å². The molecular formula is C20H21N3O3. The van der Waals surface area contributed by atoms with Gasteiger partial charge in [0, 0.05) is 18.5 Å². The number of para-hydroxylation sites is 1. The maximum atomic E-state index is 12.2. The molecule has 0 aliphatic rings. The number of anilines is 1. The number of aromatic nitrogens is 2. The van der Waals surface area contributed by atoms with Gasteiger partial charge in [-0.05, 0) is 43.2 Å². The van der Waals surface area contributed by atoms with Gasteiger partial charge in [-0.15, -0.1) is 10.2 Å². The number of benzene rings is 2. The van der Waals surface area contributed by atoms with Crippen LogP contribution in [0.1, 0.15) is 23.4 Å². The summed E-state index contributed by atoms with van der Waals surface area (Å²) in [5.41, 5.74) is 3.77. The number of methoxy groups -OCH3 is 1. The molecule has 0 saturated carbocycles. The zero-order chi connectivity index (χ0) is 18.5. The Labute approximate surface area is 152 Å². The fourth-order valence-corrected chi connectivity index (χ4v) is 2.60. The van der Waals surface area contributed by atoms with Gasteiger partial charge in [-0.1, -0.05) is 24.3 Å². The first-order valence-electron chi connectivity index (χ1n) is 8.40. The van der Waals surface area contributed by atoms with Crippen molar-refractivity contribution >= 4 is 11.6 Å². The minimum Gasteiger partial charge on any atom is -0.496 e. The second kappa shape index (κ2) is 7.82. The predicted molar refractivity (Wildman–Crippen MR) is 99.2 cm³/mol. The lowest BCUT2D eigenvalue weighted by molar-refractivity contribution is -0.116. The van der Waals surface area contributed by atoms with Crippen molar-refractivity contribution in [1.82, 2.24) is 10.2 Å². The van der Waals surface area contributed by atoms with Gasteiger partial charge < -0.3 is 14.5 Å². The molecule has 0 radical (unpaired) electrons. The lowest BCUT2D eigenvalue weighted by Crippen LogP contribution is -2.13. The van der Waals surface area contributed by atoms with Gasteiger partial charge >= 0.3 is 0 Å². The summed E-state index contributed by atoms with van der Waals surface area (Å²) < 4.78 is 11.0. The highest BCUT2D eigenvalue weighted by atomic mass is 16.5. The van der Waals surface area contributed by atoms with Crippen molar-refractivity contribution in [2.24, 2.45) is 0 Å². The van der Waals surface area contributed by atoms with Crippen molar-refractivity contribution in [2.45, 2.75) is 26.7 Å². The van der Waals surface area contributed by atoms with Crippen LogP contribution in [0.2, 0.25) is 0 Å². The van der Waals surface area contributed by atoms with E-state index < -0.39 is 0 Å². The molecule has 0 unspecified atom stereocenters. The van der Waals surface area contributed by atoms with E-state index in [-0.39, 0.29) is 12.3 Å². The van der Waals surface area contributed by atoms with Crippen LogP contribution in [0.4, 0.5) is 5.69 Å². The summed E-state index contributed by atoms with van der Waals surface area (Å²) >= 11 is 0. The van der Waals surface area contributed by atoms with Crippen LogP contribution in [0.25, 0.3) is 11.5 Å². The molecule has 3 aromatic rings. The van der Waals surface area contributed by atoms with Crippen LogP contribution in [0.5, 0.6) is 5.75 Å². The quantitative estimate of drug-likeness (QED) is 0.728. The van der Waals surface area contributed by atoms with Gasteiger partial charge in [0.25, 0.3) is 5.89 Å². The van der Waals surface area contributed by atoms with Crippen LogP contribution in [0.3, 0.4) is 0 Å². The molecule has 134 valence electrons. The normalized spacial score (nSPS) is 10.6. The number of aryl methyl sites for hydroxylation is 2. The Morgan fingerprint density at radius 3 is 2.73 bits per heavy atom. The van der Waals surface area contributed by atoms with E-state index in [2.05, 4.69) is 15.5 Å². The SMILES string of the molecule is COc1ccccc1-c1nnc(CCC(=O)Nc2cccc(C)c2C)o1. The summed E-state index contributed by atoms with van der Waals surface area (Å²) in [6.45, 7) is 4.01. The van der Waals surface area contributed by atoms with E-state index in [1.807, 2.05) is 56.3 Å². The summed E-state index contributed by atoms with van der Waals surface area (Å²) in [5.74, 6) is 1.38. The fourth-order valence-electron chi connectivity index (χ4n) is 2.60. The van der Waals surface area contributed by atoms with E-state index in [1.54, 1.807) is 7.11 Å². The molecule has 1 heterocycles. The summed E-state index contributed by atoms with van der Waals surface area (Å²) in [7, 11) is 1.59. The third-order valence-corrected chi connectivity index (χ3v) is 4.25. The Bertz CT molecular complexity index is 918. The topological polar surface area (TPSA) is 77.2 Å². The fraction of sp³-hybridized carbons (Fsp3) is 0.250. The standard InChI is InChI=1S/C20H21N3O3/c1-13-7-6-9-16(14(13)2)21-18(24)11-12-19-22-23-20(26-19)15-8-4-5-10-17(15)25-3/h4-10H,11-12H2,1-3H3,(H,21,24). The second-order valence-corrected chi connectivity index (χ2v) is 6.00. The number of carbonyl (C=O) groups excluding carboxylic acids is 1. The molecule has 26 heavy (non-hydrogen) atoms. The van der Waals surface area contributed by atoms with Gasteiger partial charge in [0.2, 0.25) is 11.8 Å². The highest BCUT2D eigenvalue weighted by molar-refractivity contribution is 5.91. The lowest BCUT2D eigenvalue weighted by Gasteiger charge is -2.09. The zero-order valence-corrected chi connectivity index (χ0v) is 15.1. The number of carbonyl (C=O) groups is 1. The molecule has 2 aromatic carbocycles. The number of amides is 1. The van der Waals surface area contributed by atoms with Gasteiger partial charge in [-0.25, -0.2) is 0 Å². The Balaban J connectivity index is 1.63. The molecular weight excluding hydrogens is 330 g/mol. The summed E-state index contributed by atoms with van der Waals surface area (Å²) in [6.07, 6.45) is 0.639. The van der Waals surface area contributed by atoms with Gasteiger partial charge in [0.1, 0.15) is 5.75 Å².